The van der Waals surface area contributed by atoms with Gasteiger partial charge in [0.15, 0.2) is 0 Å². The van der Waals surface area contributed by atoms with E-state index in [1.165, 1.54) is 0 Å². The first-order valence-electron chi connectivity index (χ1n) is 7.40. The van der Waals surface area contributed by atoms with Gasteiger partial charge in [0.25, 0.3) is 0 Å². The lowest BCUT2D eigenvalue weighted by molar-refractivity contribution is 0.176. The van der Waals surface area contributed by atoms with Crippen molar-refractivity contribution in [2.24, 2.45) is 0 Å². The van der Waals surface area contributed by atoms with Gasteiger partial charge in [0.05, 0.1) is 6.61 Å². The maximum atomic E-state index is 12.8. The van der Waals surface area contributed by atoms with Crippen LogP contribution in [0.25, 0.3) is 0 Å². The van der Waals surface area contributed by atoms with Gasteiger partial charge in [-0.25, -0.2) is 0 Å². The standard InChI is InChI=1S/C17H19Br2O3P/c1-3-21-23(20,4-2)22-17(13-5-9-15(18)10-6-13)14-7-11-16(19)12-8-14/h5-12,17H,3-4H2,1-2H3. The van der Waals surface area contributed by atoms with Crippen molar-refractivity contribution in [3.63, 3.8) is 0 Å². The second kappa shape index (κ2) is 8.59. The van der Waals surface area contributed by atoms with Crippen LogP contribution in [0.5, 0.6) is 0 Å². The number of hydrogen-bond acceptors (Lipinski definition) is 3. The number of hydrogen-bond donors (Lipinski definition) is 0. The van der Waals surface area contributed by atoms with Crippen molar-refractivity contribution in [1.29, 1.82) is 0 Å². The molecule has 0 aliphatic carbocycles. The molecule has 0 aliphatic heterocycles. The molecule has 6 heteroatoms. The van der Waals surface area contributed by atoms with Crippen LogP contribution in [0.1, 0.15) is 31.1 Å². The van der Waals surface area contributed by atoms with E-state index in [0.29, 0.717) is 12.8 Å². The SMILES string of the molecule is CCOP(=O)(CC)OC(c1ccc(Br)cc1)c1ccc(Br)cc1. The topological polar surface area (TPSA) is 35.5 Å². The number of rotatable bonds is 7. The maximum absolute atomic E-state index is 12.8. The Labute approximate surface area is 154 Å². The highest BCUT2D eigenvalue weighted by Crippen LogP contribution is 2.53. The maximum Gasteiger partial charge on any atom is 0.331 e. The van der Waals surface area contributed by atoms with E-state index in [-0.39, 0.29) is 0 Å². The molecular formula is C17H19Br2O3P. The third kappa shape index (κ3) is 5.27. The van der Waals surface area contributed by atoms with Gasteiger partial charge in [-0.15, -0.1) is 0 Å². The monoisotopic (exact) mass is 460 g/mol. The highest BCUT2D eigenvalue weighted by molar-refractivity contribution is 9.10. The van der Waals surface area contributed by atoms with E-state index in [4.69, 9.17) is 9.05 Å². The molecule has 1 atom stereocenters. The van der Waals surface area contributed by atoms with Gasteiger partial charge >= 0.3 is 7.60 Å². The Morgan fingerprint density at radius 1 is 0.913 bits per heavy atom. The molecule has 0 aromatic heterocycles. The third-order valence-electron chi connectivity index (χ3n) is 3.32. The third-order valence-corrected chi connectivity index (χ3v) is 6.34. The molecule has 0 heterocycles. The van der Waals surface area contributed by atoms with E-state index >= 15 is 0 Å². The Morgan fingerprint density at radius 2 is 1.35 bits per heavy atom. The molecule has 2 aromatic rings. The van der Waals surface area contributed by atoms with Crippen LogP contribution in [0.2, 0.25) is 0 Å². The molecule has 0 amide bonds. The summed E-state index contributed by atoms with van der Waals surface area (Å²) in [6.07, 6.45) is -0.0988. The lowest BCUT2D eigenvalue weighted by atomic mass is 10.0. The normalized spacial score (nSPS) is 14.0. The molecule has 0 fully saturated rings. The van der Waals surface area contributed by atoms with E-state index in [2.05, 4.69) is 31.9 Å². The van der Waals surface area contributed by atoms with Crippen molar-refractivity contribution in [1.82, 2.24) is 0 Å². The second-order valence-electron chi connectivity index (χ2n) is 4.93. The number of halogens is 2. The zero-order chi connectivity index (χ0) is 16.9. The summed E-state index contributed by atoms with van der Waals surface area (Å²) in [5, 5.41) is 0. The Morgan fingerprint density at radius 3 is 1.70 bits per heavy atom. The highest BCUT2D eigenvalue weighted by atomic mass is 79.9. The second-order valence-corrected chi connectivity index (χ2v) is 9.09. The van der Waals surface area contributed by atoms with Crippen molar-refractivity contribution in [3.05, 3.63) is 68.6 Å². The smallest absolute Gasteiger partial charge is 0.309 e. The van der Waals surface area contributed by atoms with Gasteiger partial charge < -0.3 is 4.52 Å². The predicted molar refractivity (Wildman–Crippen MR) is 101 cm³/mol. The van der Waals surface area contributed by atoms with Crippen LogP contribution in [0.3, 0.4) is 0 Å². The molecule has 0 spiro atoms. The summed E-state index contributed by atoms with van der Waals surface area (Å²) >= 11 is 6.87. The predicted octanol–water partition coefficient (Wildman–Crippen LogP) is 6.57. The average molecular weight is 462 g/mol. The molecule has 0 N–H and O–H groups in total. The van der Waals surface area contributed by atoms with Crippen molar-refractivity contribution >= 4 is 39.5 Å². The summed E-state index contributed by atoms with van der Waals surface area (Å²) in [6, 6.07) is 15.6. The van der Waals surface area contributed by atoms with Crippen molar-refractivity contribution < 1.29 is 13.6 Å². The van der Waals surface area contributed by atoms with Crippen LogP contribution in [-0.2, 0) is 13.6 Å². The quantitative estimate of drug-likeness (QED) is 0.437. The summed E-state index contributed by atoms with van der Waals surface area (Å²) < 4.78 is 26.2. The molecule has 0 radical (unpaired) electrons. The fourth-order valence-electron chi connectivity index (χ4n) is 2.14. The summed E-state index contributed by atoms with van der Waals surface area (Å²) in [6.45, 7) is 4.00. The summed E-state index contributed by atoms with van der Waals surface area (Å²) in [4.78, 5) is 0. The van der Waals surface area contributed by atoms with E-state index in [9.17, 15) is 4.57 Å². The minimum atomic E-state index is -3.13. The Balaban J connectivity index is 2.40. The first kappa shape index (κ1) is 18.9. The summed E-state index contributed by atoms with van der Waals surface area (Å²) in [7, 11) is -3.13. The lowest BCUT2D eigenvalue weighted by Crippen LogP contribution is -2.08. The zero-order valence-electron chi connectivity index (χ0n) is 13.0. The Hall–Kier alpha value is -0.450. The van der Waals surface area contributed by atoms with Gasteiger partial charge in [0.2, 0.25) is 0 Å². The van der Waals surface area contributed by atoms with Crippen LogP contribution in [0.15, 0.2) is 57.5 Å². The Bertz CT molecular complexity index is 626. The van der Waals surface area contributed by atoms with E-state index in [1.807, 2.05) is 62.4 Å². The van der Waals surface area contributed by atoms with Crippen molar-refractivity contribution in [2.75, 3.05) is 12.8 Å². The lowest BCUT2D eigenvalue weighted by Gasteiger charge is -2.24. The van der Waals surface area contributed by atoms with Crippen molar-refractivity contribution in [3.8, 4) is 0 Å². The minimum Gasteiger partial charge on any atom is -0.309 e. The molecular weight excluding hydrogens is 443 g/mol. The van der Waals surface area contributed by atoms with Crippen molar-refractivity contribution in [2.45, 2.75) is 20.0 Å². The molecule has 2 aromatic carbocycles. The first-order valence-corrected chi connectivity index (χ1v) is 10.7. The van der Waals surface area contributed by atoms with E-state index in [1.54, 1.807) is 0 Å². The van der Waals surface area contributed by atoms with Gasteiger partial charge in [-0.1, -0.05) is 63.0 Å². The fraction of sp³-hybridized carbons (Fsp3) is 0.294. The molecule has 1 unspecified atom stereocenters. The van der Waals surface area contributed by atoms with E-state index < -0.39 is 13.7 Å². The van der Waals surface area contributed by atoms with Crippen LogP contribution in [0, 0.1) is 0 Å². The number of benzene rings is 2. The molecule has 0 aliphatic rings. The minimum absolute atomic E-state index is 0.338. The molecule has 0 saturated carbocycles. The average Bonchev–Trinajstić information content (AvgIpc) is 2.55. The summed E-state index contributed by atoms with van der Waals surface area (Å²) in [5.41, 5.74) is 1.87. The Kier molecular flexibility index (Phi) is 7.05. The van der Waals surface area contributed by atoms with Gasteiger partial charge in [0.1, 0.15) is 6.10 Å². The van der Waals surface area contributed by atoms with Crippen LogP contribution in [-0.4, -0.2) is 12.8 Å². The zero-order valence-corrected chi connectivity index (χ0v) is 17.1. The first-order chi connectivity index (χ1) is 11.0. The molecule has 124 valence electrons. The van der Waals surface area contributed by atoms with Gasteiger partial charge in [-0.2, -0.15) is 0 Å². The highest BCUT2D eigenvalue weighted by Gasteiger charge is 2.28. The van der Waals surface area contributed by atoms with Crippen LogP contribution >= 0.6 is 39.5 Å². The van der Waals surface area contributed by atoms with Crippen LogP contribution in [0.4, 0.5) is 0 Å². The molecule has 0 saturated heterocycles. The van der Waals surface area contributed by atoms with Gasteiger partial charge in [-0.05, 0) is 42.3 Å². The van der Waals surface area contributed by atoms with Crippen LogP contribution < -0.4 is 0 Å². The molecule has 23 heavy (non-hydrogen) atoms. The van der Waals surface area contributed by atoms with Gasteiger partial charge in [-0.3, -0.25) is 9.09 Å². The largest absolute Gasteiger partial charge is 0.331 e. The fourth-order valence-corrected chi connectivity index (χ4v) is 4.02. The van der Waals surface area contributed by atoms with E-state index in [0.717, 1.165) is 20.1 Å². The molecule has 2 rings (SSSR count). The summed E-state index contributed by atoms with van der Waals surface area (Å²) in [5.74, 6) is 0. The molecule has 0 bridgehead atoms. The molecule has 3 nitrogen and oxygen atoms in total. The van der Waals surface area contributed by atoms with Gasteiger partial charge in [0, 0.05) is 15.1 Å².